The minimum absolute atomic E-state index is 0.0937. The fourth-order valence-corrected chi connectivity index (χ4v) is 2.94. The van der Waals surface area contributed by atoms with Crippen LogP contribution >= 0.6 is 27.3 Å². The summed E-state index contributed by atoms with van der Waals surface area (Å²) < 4.78 is 14.2. The molecule has 0 aliphatic rings. The smallest absolute Gasteiger partial charge is 0.257 e. The lowest BCUT2D eigenvalue weighted by molar-refractivity contribution is 0.0791. The van der Waals surface area contributed by atoms with Gasteiger partial charge in [-0.2, -0.15) is 0 Å². The molecule has 19 heavy (non-hydrogen) atoms. The number of rotatable bonds is 4. The average molecular weight is 342 g/mol. The zero-order chi connectivity index (χ0) is 13.8. The predicted molar refractivity (Wildman–Crippen MR) is 79.1 cm³/mol. The molecule has 2 rings (SSSR count). The van der Waals surface area contributed by atoms with E-state index in [-0.39, 0.29) is 11.5 Å². The molecule has 0 fully saturated rings. The Bertz CT molecular complexity index is 551. The van der Waals surface area contributed by atoms with Crippen LogP contribution in [0.3, 0.4) is 0 Å². The van der Waals surface area contributed by atoms with Crippen molar-refractivity contribution in [3.63, 3.8) is 0 Å². The van der Waals surface area contributed by atoms with E-state index in [9.17, 15) is 9.18 Å². The summed E-state index contributed by atoms with van der Waals surface area (Å²) in [5.74, 6) is -0.802. The van der Waals surface area contributed by atoms with Crippen molar-refractivity contribution in [2.24, 2.45) is 0 Å². The number of likely N-dealkylation sites (N-methyl/N-ethyl adjacent to an activating group) is 1. The Balaban J connectivity index is 2.06. The summed E-state index contributed by atoms with van der Waals surface area (Å²) in [5.41, 5.74) is 0.0937. The highest BCUT2D eigenvalue weighted by atomic mass is 79.9. The van der Waals surface area contributed by atoms with Crippen molar-refractivity contribution in [3.05, 3.63) is 56.4 Å². The maximum Gasteiger partial charge on any atom is 0.257 e. The molecule has 2 aromatic rings. The van der Waals surface area contributed by atoms with E-state index >= 15 is 0 Å². The summed E-state index contributed by atoms with van der Waals surface area (Å²) >= 11 is 4.88. The summed E-state index contributed by atoms with van der Waals surface area (Å²) in [6, 6.07) is 8.55. The van der Waals surface area contributed by atoms with Gasteiger partial charge in [-0.25, -0.2) is 4.39 Å². The van der Waals surface area contributed by atoms with Crippen molar-refractivity contribution in [2.75, 3.05) is 13.6 Å². The molecule has 0 aliphatic heterocycles. The Kier molecular flexibility index (Phi) is 4.71. The monoisotopic (exact) mass is 341 g/mol. The van der Waals surface area contributed by atoms with Crippen molar-refractivity contribution in [2.45, 2.75) is 6.42 Å². The van der Waals surface area contributed by atoms with E-state index < -0.39 is 5.82 Å². The first kappa shape index (κ1) is 14.2. The third-order valence-electron chi connectivity index (χ3n) is 2.80. The highest BCUT2D eigenvalue weighted by Crippen LogP contribution is 2.21. The van der Waals surface area contributed by atoms with E-state index in [1.165, 1.54) is 10.9 Å². The van der Waals surface area contributed by atoms with Crippen LogP contribution in [-0.4, -0.2) is 24.4 Å². The number of benzene rings is 1. The van der Waals surface area contributed by atoms with Crippen LogP contribution in [-0.2, 0) is 6.42 Å². The first-order chi connectivity index (χ1) is 9.09. The maximum absolute atomic E-state index is 13.7. The van der Waals surface area contributed by atoms with Crippen molar-refractivity contribution in [1.82, 2.24) is 4.90 Å². The van der Waals surface area contributed by atoms with Crippen LogP contribution in [0.4, 0.5) is 4.39 Å². The van der Waals surface area contributed by atoms with E-state index in [1.54, 1.807) is 35.4 Å². The van der Waals surface area contributed by atoms with Crippen LogP contribution < -0.4 is 0 Å². The van der Waals surface area contributed by atoms with E-state index in [1.807, 2.05) is 17.5 Å². The van der Waals surface area contributed by atoms with Crippen molar-refractivity contribution < 1.29 is 9.18 Å². The van der Waals surface area contributed by atoms with Crippen molar-refractivity contribution in [3.8, 4) is 0 Å². The molecule has 1 aromatic carbocycles. The summed E-state index contributed by atoms with van der Waals surface area (Å²) in [7, 11) is 1.69. The Hall–Kier alpha value is -1.20. The van der Waals surface area contributed by atoms with Crippen LogP contribution in [0.2, 0.25) is 0 Å². The number of halogens is 2. The second-order valence-electron chi connectivity index (χ2n) is 4.15. The summed E-state index contributed by atoms with van der Waals surface area (Å²) in [6.45, 7) is 0.570. The normalized spacial score (nSPS) is 10.5. The summed E-state index contributed by atoms with van der Waals surface area (Å²) in [6.07, 6.45) is 0.784. The number of amides is 1. The van der Waals surface area contributed by atoms with Crippen LogP contribution in [0.1, 0.15) is 15.2 Å². The van der Waals surface area contributed by atoms with E-state index in [4.69, 9.17) is 0 Å². The van der Waals surface area contributed by atoms with Crippen molar-refractivity contribution in [1.29, 1.82) is 0 Å². The second-order valence-corrected chi connectivity index (χ2v) is 6.04. The maximum atomic E-state index is 13.7. The molecular weight excluding hydrogens is 329 g/mol. The van der Waals surface area contributed by atoms with Gasteiger partial charge in [0, 0.05) is 22.9 Å². The molecule has 2 nitrogen and oxygen atoms in total. The van der Waals surface area contributed by atoms with Crippen LogP contribution in [0, 0.1) is 5.82 Å². The zero-order valence-corrected chi connectivity index (χ0v) is 12.8. The second kappa shape index (κ2) is 6.30. The molecule has 0 bridgehead atoms. The van der Waals surface area contributed by atoms with E-state index in [0.717, 1.165) is 6.42 Å². The molecule has 0 unspecified atom stereocenters. The van der Waals surface area contributed by atoms with Crippen LogP contribution in [0.5, 0.6) is 0 Å². The molecule has 100 valence electrons. The lowest BCUT2D eigenvalue weighted by Gasteiger charge is -2.18. The number of carbonyl (C=O) groups is 1. The van der Waals surface area contributed by atoms with Gasteiger partial charge in [-0.1, -0.05) is 12.1 Å². The number of hydrogen-bond acceptors (Lipinski definition) is 2. The molecular formula is C14H13BrFNOS. The van der Waals surface area contributed by atoms with Crippen molar-refractivity contribution >= 4 is 33.2 Å². The third kappa shape index (κ3) is 3.42. The molecule has 0 saturated heterocycles. The molecule has 1 heterocycles. The van der Waals surface area contributed by atoms with Gasteiger partial charge in [0.05, 0.1) is 5.56 Å². The van der Waals surface area contributed by atoms with Crippen LogP contribution in [0.15, 0.2) is 40.2 Å². The van der Waals surface area contributed by atoms with Gasteiger partial charge in [-0.05, 0) is 45.9 Å². The fourth-order valence-electron chi connectivity index (χ4n) is 1.73. The van der Waals surface area contributed by atoms with Crippen LogP contribution in [0.25, 0.3) is 0 Å². The predicted octanol–water partition coefficient (Wildman–Crippen LogP) is 3.96. The van der Waals surface area contributed by atoms with Gasteiger partial charge < -0.3 is 4.90 Å². The van der Waals surface area contributed by atoms with Gasteiger partial charge in [0.15, 0.2) is 0 Å². The number of thiophene rings is 1. The Labute approximate surface area is 124 Å². The molecule has 1 amide bonds. The topological polar surface area (TPSA) is 20.3 Å². The summed E-state index contributed by atoms with van der Waals surface area (Å²) in [5, 5.41) is 2.00. The lowest BCUT2D eigenvalue weighted by Crippen LogP contribution is -2.29. The minimum atomic E-state index is -0.498. The average Bonchev–Trinajstić information content (AvgIpc) is 2.88. The van der Waals surface area contributed by atoms with Gasteiger partial charge in [-0.3, -0.25) is 4.79 Å². The molecule has 0 saturated carbocycles. The standard InChI is InChI=1S/C14H13BrFNOS/c1-17(8-7-10-4-3-9-19-10)14(18)13-11(15)5-2-6-12(13)16/h2-6,9H,7-8H2,1H3. The Morgan fingerprint density at radius 2 is 2.16 bits per heavy atom. The van der Waals surface area contributed by atoms with Gasteiger partial charge in [0.1, 0.15) is 5.82 Å². The van der Waals surface area contributed by atoms with Gasteiger partial charge in [0.2, 0.25) is 0 Å². The first-order valence-electron chi connectivity index (χ1n) is 5.81. The number of hydrogen-bond donors (Lipinski definition) is 0. The lowest BCUT2D eigenvalue weighted by atomic mass is 10.2. The fraction of sp³-hybridized carbons (Fsp3) is 0.214. The Morgan fingerprint density at radius 3 is 2.79 bits per heavy atom. The molecule has 5 heteroatoms. The number of carbonyl (C=O) groups excluding carboxylic acids is 1. The molecule has 0 atom stereocenters. The largest absolute Gasteiger partial charge is 0.341 e. The van der Waals surface area contributed by atoms with Gasteiger partial charge >= 0.3 is 0 Å². The number of nitrogens with zero attached hydrogens (tertiary/aromatic N) is 1. The molecule has 1 aromatic heterocycles. The van der Waals surface area contributed by atoms with Gasteiger partial charge in [-0.15, -0.1) is 11.3 Å². The third-order valence-corrected chi connectivity index (χ3v) is 4.39. The molecule has 0 radical (unpaired) electrons. The minimum Gasteiger partial charge on any atom is -0.341 e. The molecule has 0 spiro atoms. The summed E-state index contributed by atoms with van der Waals surface area (Å²) in [4.78, 5) is 15.0. The molecule has 0 N–H and O–H groups in total. The van der Waals surface area contributed by atoms with E-state index in [2.05, 4.69) is 15.9 Å². The molecule has 0 aliphatic carbocycles. The van der Waals surface area contributed by atoms with E-state index in [0.29, 0.717) is 11.0 Å². The highest BCUT2D eigenvalue weighted by Gasteiger charge is 2.19. The highest BCUT2D eigenvalue weighted by molar-refractivity contribution is 9.10. The zero-order valence-electron chi connectivity index (χ0n) is 10.4. The van der Waals surface area contributed by atoms with Gasteiger partial charge in [0.25, 0.3) is 5.91 Å². The first-order valence-corrected chi connectivity index (χ1v) is 7.48. The quantitative estimate of drug-likeness (QED) is 0.824. The SMILES string of the molecule is CN(CCc1cccs1)C(=O)c1c(F)cccc1Br. The Morgan fingerprint density at radius 1 is 1.37 bits per heavy atom.